The van der Waals surface area contributed by atoms with E-state index in [-0.39, 0.29) is 17.9 Å². The first-order chi connectivity index (χ1) is 28.4. The second-order valence-electron chi connectivity index (χ2n) is 20.3. The molecule has 0 spiro atoms. The van der Waals surface area contributed by atoms with E-state index >= 15 is 4.39 Å². The first-order valence-electron chi connectivity index (χ1n) is 24.3. The highest BCUT2D eigenvalue weighted by molar-refractivity contribution is 6.16. The fraction of sp³-hybridized carbons (Fsp3) is 0.714. The van der Waals surface area contributed by atoms with E-state index in [9.17, 15) is 5.11 Å². The van der Waals surface area contributed by atoms with Crippen molar-refractivity contribution in [3.05, 3.63) is 79.9 Å². The molecule has 1 aliphatic heterocycles. The lowest BCUT2D eigenvalue weighted by Crippen LogP contribution is -2.40. The van der Waals surface area contributed by atoms with Crippen LogP contribution in [0.15, 0.2) is 51.2 Å². The maximum Gasteiger partial charge on any atom is 0.136 e. The summed E-state index contributed by atoms with van der Waals surface area (Å²) in [6.45, 7) is 49.9. The van der Waals surface area contributed by atoms with Crippen LogP contribution in [0, 0.1) is 46.7 Å². The fourth-order valence-electron chi connectivity index (χ4n) is 7.63. The number of likely N-dealkylation sites (tertiary alicyclic amines) is 1. The SMILES string of the molecule is C=C(C)N=C(C)c1c(C)c(F)c(C(=N)/C(C(C)=C(C)C)=C(C)\C(C)=C/C)c(CC)c1CO.CCC(C)C.CCC(C)CCC(C)CC.CCC1(CN2CCC(C)(C)CC2)CC1. The van der Waals surface area contributed by atoms with Gasteiger partial charge in [-0.1, -0.05) is 132 Å². The Morgan fingerprint density at radius 3 is 1.66 bits per heavy atom. The van der Waals surface area contributed by atoms with Crippen molar-refractivity contribution in [1.29, 1.82) is 5.41 Å². The molecule has 1 aliphatic carbocycles. The van der Waals surface area contributed by atoms with E-state index in [0.717, 1.165) is 51.0 Å². The predicted octanol–water partition coefficient (Wildman–Crippen LogP) is 16.7. The molecule has 2 atom stereocenters. The molecule has 2 unspecified atom stereocenters. The van der Waals surface area contributed by atoms with Gasteiger partial charge < -0.3 is 10.0 Å². The number of aliphatic imine (C=N–C) groups is 1. The summed E-state index contributed by atoms with van der Waals surface area (Å²) in [4.78, 5) is 7.13. The first-order valence-corrected chi connectivity index (χ1v) is 24.3. The maximum absolute atomic E-state index is 16.0. The smallest absolute Gasteiger partial charge is 0.136 e. The lowest BCUT2D eigenvalue weighted by atomic mass is 9.81. The average Bonchev–Trinajstić information content (AvgIpc) is 4.00. The number of benzene rings is 1. The van der Waals surface area contributed by atoms with Crippen LogP contribution in [0.25, 0.3) is 0 Å². The molecule has 0 bridgehead atoms. The molecule has 0 amide bonds. The second kappa shape index (κ2) is 28.2. The molecule has 1 heterocycles. The average molecular weight is 848 g/mol. The Kier molecular flexibility index (Phi) is 27.0. The van der Waals surface area contributed by atoms with Crippen LogP contribution < -0.4 is 0 Å². The summed E-state index contributed by atoms with van der Waals surface area (Å²) >= 11 is 0. The lowest BCUT2D eigenvalue weighted by molar-refractivity contribution is 0.111. The van der Waals surface area contributed by atoms with Crippen molar-refractivity contribution in [2.24, 2.45) is 33.6 Å². The normalized spacial score (nSPS) is 17.4. The molecule has 1 aromatic rings. The van der Waals surface area contributed by atoms with Crippen molar-refractivity contribution in [1.82, 2.24) is 4.90 Å². The molecule has 1 saturated heterocycles. The molecular weight excluding hydrogens is 750 g/mol. The molecule has 4 nitrogen and oxygen atoms in total. The summed E-state index contributed by atoms with van der Waals surface area (Å²) in [6.07, 6.45) is 16.5. The second-order valence-corrected chi connectivity index (χ2v) is 20.3. The van der Waals surface area contributed by atoms with Gasteiger partial charge >= 0.3 is 0 Å². The number of halogens is 1. The number of rotatable bonds is 17. The van der Waals surface area contributed by atoms with Crippen LogP contribution in [0.2, 0.25) is 0 Å². The number of nitrogens with one attached hydrogen (secondary N) is 1. The Morgan fingerprint density at radius 1 is 0.820 bits per heavy atom. The standard InChI is InChI=1S/C28H39FN2O.C13H25N.C10H22.C5H12/c1-12-17(7)19(9)24(18(8)15(3)4)28(30)26-22(13-2)23(14-32)25(20(10)27(26)29)21(11)31-16(5)6;1-4-13(5-6-13)11-14-9-7-12(2,3)8-10-14;1-5-9(3)7-8-10(4)6-2;1-4-5(2)3/h12,30,32H,5,13-14H2,1-4,6-11H3;4-11H2,1-3H3;9-10H,5-8H2,1-4H3;5H,4H2,1-3H3/b17-12-,24-19-,30-28?,31-21?;;;. The van der Waals surface area contributed by atoms with Gasteiger partial charge in [-0.15, -0.1) is 0 Å². The number of hydrogen-bond acceptors (Lipinski definition) is 4. The highest BCUT2D eigenvalue weighted by atomic mass is 19.1. The number of nitrogens with zero attached hydrogens (tertiary/aromatic N) is 2. The highest BCUT2D eigenvalue weighted by Gasteiger charge is 2.42. The summed E-state index contributed by atoms with van der Waals surface area (Å²) in [6, 6.07) is 0. The van der Waals surface area contributed by atoms with Crippen LogP contribution in [0.5, 0.6) is 0 Å². The van der Waals surface area contributed by atoms with Gasteiger partial charge in [0.05, 0.1) is 12.3 Å². The summed E-state index contributed by atoms with van der Waals surface area (Å²) in [5.74, 6) is 2.33. The van der Waals surface area contributed by atoms with Gasteiger partial charge in [-0.2, -0.15) is 0 Å². The third-order valence-corrected chi connectivity index (χ3v) is 14.0. The number of piperidine rings is 1. The number of aliphatic hydroxyl groups excluding tert-OH is 1. The van der Waals surface area contributed by atoms with E-state index < -0.39 is 5.82 Å². The number of aliphatic hydroxyl groups is 1. The van der Waals surface area contributed by atoms with Crippen molar-refractivity contribution in [2.45, 2.75) is 216 Å². The Morgan fingerprint density at radius 2 is 1.31 bits per heavy atom. The van der Waals surface area contributed by atoms with Crippen LogP contribution in [0.4, 0.5) is 4.39 Å². The van der Waals surface area contributed by atoms with E-state index in [1.165, 1.54) is 83.8 Å². The van der Waals surface area contributed by atoms with Gasteiger partial charge in [0.1, 0.15) is 5.82 Å². The number of allylic oxidation sites excluding steroid dienone is 7. The third kappa shape index (κ3) is 19.3. The molecule has 0 radical (unpaired) electrons. The summed E-state index contributed by atoms with van der Waals surface area (Å²) in [5, 5.41) is 19.5. The largest absolute Gasteiger partial charge is 0.392 e. The van der Waals surface area contributed by atoms with Gasteiger partial charge in [-0.05, 0) is 170 Å². The van der Waals surface area contributed by atoms with Crippen LogP contribution in [-0.2, 0) is 13.0 Å². The summed E-state index contributed by atoms with van der Waals surface area (Å²) < 4.78 is 16.0. The molecule has 1 saturated carbocycles. The van der Waals surface area contributed by atoms with Crippen LogP contribution in [0.1, 0.15) is 224 Å². The molecular formula is C56H98FN3O. The van der Waals surface area contributed by atoms with Crippen LogP contribution in [0.3, 0.4) is 0 Å². The monoisotopic (exact) mass is 848 g/mol. The molecule has 3 rings (SSSR count). The highest BCUT2D eigenvalue weighted by Crippen LogP contribution is 2.49. The van der Waals surface area contributed by atoms with Gasteiger partial charge in [0.2, 0.25) is 0 Å². The Labute approximate surface area is 378 Å². The van der Waals surface area contributed by atoms with Crippen molar-refractivity contribution >= 4 is 11.4 Å². The van der Waals surface area contributed by atoms with Gasteiger partial charge in [-0.3, -0.25) is 10.4 Å². The molecule has 2 N–H and O–H groups in total. The molecule has 5 heteroatoms. The molecule has 61 heavy (non-hydrogen) atoms. The molecule has 1 aromatic carbocycles. The first kappa shape index (κ1) is 58.4. The zero-order valence-corrected chi connectivity index (χ0v) is 43.8. The van der Waals surface area contributed by atoms with Gasteiger partial charge in [-0.25, -0.2) is 4.39 Å². The minimum absolute atomic E-state index is 0.149. The maximum atomic E-state index is 16.0. The fourth-order valence-corrected chi connectivity index (χ4v) is 7.63. The van der Waals surface area contributed by atoms with E-state index in [2.05, 4.69) is 85.7 Å². The quantitative estimate of drug-likeness (QED) is 0.121. The summed E-state index contributed by atoms with van der Waals surface area (Å²) in [5.41, 5.74) is 10.0. The predicted molar refractivity (Wildman–Crippen MR) is 271 cm³/mol. The zero-order valence-electron chi connectivity index (χ0n) is 43.8. The topological polar surface area (TPSA) is 59.7 Å². The molecule has 2 aliphatic rings. The van der Waals surface area contributed by atoms with Gasteiger partial charge in [0, 0.05) is 34.7 Å². The van der Waals surface area contributed by atoms with Crippen molar-refractivity contribution in [3.63, 3.8) is 0 Å². The van der Waals surface area contributed by atoms with E-state index in [0.29, 0.717) is 45.5 Å². The van der Waals surface area contributed by atoms with Crippen molar-refractivity contribution < 1.29 is 9.50 Å². The van der Waals surface area contributed by atoms with Gasteiger partial charge in [0.25, 0.3) is 0 Å². The van der Waals surface area contributed by atoms with Crippen LogP contribution >= 0.6 is 0 Å². The molecule has 2 fully saturated rings. The zero-order chi connectivity index (χ0) is 47.4. The van der Waals surface area contributed by atoms with Gasteiger partial charge in [0.15, 0.2) is 0 Å². The molecule has 0 aromatic heterocycles. The Hall–Kier alpha value is -2.63. The molecule has 350 valence electrons. The minimum Gasteiger partial charge on any atom is -0.392 e. The minimum atomic E-state index is -0.430. The van der Waals surface area contributed by atoms with Crippen molar-refractivity contribution in [3.8, 4) is 0 Å². The summed E-state index contributed by atoms with van der Waals surface area (Å²) in [7, 11) is 0. The Bertz CT molecular complexity index is 1640. The van der Waals surface area contributed by atoms with Crippen molar-refractivity contribution in [2.75, 3.05) is 19.6 Å². The van der Waals surface area contributed by atoms with E-state index in [1.807, 2.05) is 54.5 Å². The Balaban J connectivity index is 0.00000100. The van der Waals surface area contributed by atoms with Crippen LogP contribution in [-0.4, -0.2) is 41.1 Å². The van der Waals surface area contributed by atoms with E-state index in [1.54, 1.807) is 20.8 Å². The number of hydrogen-bond donors (Lipinski definition) is 2. The lowest BCUT2D eigenvalue weighted by Gasteiger charge is -2.38. The third-order valence-electron chi connectivity index (χ3n) is 14.0. The van der Waals surface area contributed by atoms with E-state index in [4.69, 9.17) is 5.41 Å².